The van der Waals surface area contributed by atoms with Gasteiger partial charge >= 0.3 is 0 Å². The first-order valence-corrected chi connectivity index (χ1v) is 8.07. The monoisotopic (exact) mass is 313 g/mol. The van der Waals surface area contributed by atoms with Crippen LogP contribution in [0.4, 0.5) is 22.7 Å². The highest BCUT2D eigenvalue weighted by Gasteiger charge is 2.21. The molecule has 0 bridgehead atoms. The van der Waals surface area contributed by atoms with Gasteiger partial charge in [0.2, 0.25) is 0 Å². The average Bonchev–Trinajstić information content (AvgIpc) is 2.73. The quantitative estimate of drug-likeness (QED) is 0.663. The second-order valence-corrected chi connectivity index (χ2v) is 6.02. The lowest BCUT2D eigenvalue weighted by atomic mass is 10.1. The largest absolute Gasteiger partial charge is 0.353 e. The summed E-state index contributed by atoms with van der Waals surface area (Å²) in [6, 6.07) is 24.9. The zero-order valence-electron chi connectivity index (χ0n) is 13.8. The van der Waals surface area contributed by atoms with Gasteiger partial charge in [-0.1, -0.05) is 42.0 Å². The lowest BCUT2D eigenvalue weighted by Crippen LogP contribution is -2.26. The van der Waals surface area contributed by atoms with Crippen LogP contribution >= 0.6 is 0 Å². The fourth-order valence-electron chi connectivity index (χ4n) is 2.98. The predicted octanol–water partition coefficient (Wildman–Crippen LogP) is 5.27. The summed E-state index contributed by atoms with van der Waals surface area (Å²) in [5, 5.41) is 3.54. The van der Waals surface area contributed by atoms with Crippen molar-refractivity contribution in [3.8, 4) is 0 Å². The molecule has 3 heteroatoms. The number of aliphatic imine (C=N–C) groups is 1. The van der Waals surface area contributed by atoms with Crippen LogP contribution in [-0.4, -0.2) is 12.9 Å². The first-order chi connectivity index (χ1) is 11.7. The highest BCUT2D eigenvalue weighted by molar-refractivity contribution is 6.17. The Hall–Kier alpha value is -3.07. The van der Waals surface area contributed by atoms with Crippen molar-refractivity contribution in [1.29, 1.82) is 0 Å². The van der Waals surface area contributed by atoms with E-state index in [0.717, 1.165) is 34.1 Å². The summed E-state index contributed by atoms with van der Waals surface area (Å²) in [6.45, 7) is 2.09. The van der Waals surface area contributed by atoms with Gasteiger partial charge < -0.3 is 10.2 Å². The molecule has 0 amide bonds. The van der Waals surface area contributed by atoms with Gasteiger partial charge in [0.25, 0.3) is 0 Å². The maximum atomic E-state index is 4.94. The summed E-state index contributed by atoms with van der Waals surface area (Å²) in [6.07, 6.45) is 0. The smallest absolute Gasteiger partial charge is 0.142 e. The molecule has 3 nitrogen and oxygen atoms in total. The number of hydrogen-bond acceptors (Lipinski definition) is 2. The molecule has 3 aromatic carbocycles. The van der Waals surface area contributed by atoms with Gasteiger partial charge in [0.05, 0.1) is 17.1 Å². The van der Waals surface area contributed by atoms with Gasteiger partial charge in [-0.3, -0.25) is 0 Å². The molecular formula is C21H19N3. The van der Waals surface area contributed by atoms with Crippen molar-refractivity contribution in [3.05, 3.63) is 83.9 Å². The first kappa shape index (κ1) is 14.5. The normalized spacial score (nSPS) is 14.6. The van der Waals surface area contributed by atoms with Crippen LogP contribution in [0.3, 0.4) is 0 Å². The molecule has 0 radical (unpaired) electrons. The van der Waals surface area contributed by atoms with Crippen LogP contribution in [-0.2, 0) is 0 Å². The number of rotatable bonds is 1. The van der Waals surface area contributed by atoms with Gasteiger partial charge in [-0.25, -0.2) is 4.99 Å². The molecule has 118 valence electrons. The zero-order valence-corrected chi connectivity index (χ0v) is 13.8. The molecule has 1 aliphatic heterocycles. The Labute approximate surface area is 142 Å². The molecule has 3 aromatic rings. The maximum Gasteiger partial charge on any atom is 0.142 e. The minimum Gasteiger partial charge on any atom is -0.353 e. The Kier molecular flexibility index (Phi) is 3.54. The van der Waals surface area contributed by atoms with Crippen LogP contribution in [0.1, 0.15) is 11.1 Å². The van der Waals surface area contributed by atoms with Crippen LogP contribution in [0.25, 0.3) is 0 Å². The Balaban J connectivity index is 1.92. The molecule has 0 aromatic heterocycles. The number of fused-ring (bicyclic) bond motifs is 2. The number of benzene rings is 3. The van der Waals surface area contributed by atoms with E-state index in [9.17, 15) is 0 Å². The second kappa shape index (κ2) is 5.85. The highest BCUT2D eigenvalue weighted by Crippen LogP contribution is 2.35. The second-order valence-electron chi connectivity index (χ2n) is 6.02. The molecule has 1 aliphatic rings. The Bertz CT molecular complexity index is 910. The fraction of sp³-hybridized carbons (Fsp3) is 0.0952. The minimum atomic E-state index is 0.937. The lowest BCUT2D eigenvalue weighted by Gasteiger charge is -2.21. The lowest BCUT2D eigenvalue weighted by molar-refractivity contribution is 1.25. The third kappa shape index (κ3) is 2.54. The van der Waals surface area contributed by atoms with Crippen LogP contribution in [0.15, 0.2) is 77.8 Å². The van der Waals surface area contributed by atoms with E-state index in [-0.39, 0.29) is 0 Å². The van der Waals surface area contributed by atoms with Crippen molar-refractivity contribution in [2.75, 3.05) is 17.3 Å². The fourth-order valence-corrected chi connectivity index (χ4v) is 2.98. The van der Waals surface area contributed by atoms with E-state index < -0.39 is 0 Å². The van der Waals surface area contributed by atoms with E-state index in [4.69, 9.17) is 4.99 Å². The molecule has 0 saturated carbocycles. The molecule has 0 unspecified atom stereocenters. The SMILES string of the molecule is Cc1ccc(N=C2c3ccccc3Nc3ccccc3N2C)cc1. The Morgan fingerprint density at radius 2 is 1.46 bits per heavy atom. The molecule has 0 fully saturated rings. The molecule has 0 atom stereocenters. The van der Waals surface area contributed by atoms with Crippen molar-refractivity contribution in [3.63, 3.8) is 0 Å². The number of amidine groups is 1. The predicted molar refractivity (Wildman–Crippen MR) is 102 cm³/mol. The number of aryl methyl sites for hydroxylation is 1. The van der Waals surface area contributed by atoms with Crippen LogP contribution < -0.4 is 10.2 Å². The third-order valence-electron chi connectivity index (χ3n) is 4.29. The Morgan fingerprint density at radius 3 is 2.25 bits per heavy atom. The van der Waals surface area contributed by atoms with Crippen LogP contribution in [0.5, 0.6) is 0 Å². The summed E-state index contributed by atoms with van der Waals surface area (Å²) >= 11 is 0. The van der Waals surface area contributed by atoms with Crippen molar-refractivity contribution in [1.82, 2.24) is 0 Å². The minimum absolute atomic E-state index is 0.937. The topological polar surface area (TPSA) is 27.6 Å². The van der Waals surface area contributed by atoms with Gasteiger partial charge in [-0.15, -0.1) is 0 Å². The van der Waals surface area contributed by atoms with Crippen LogP contribution in [0, 0.1) is 6.92 Å². The van der Waals surface area contributed by atoms with Crippen molar-refractivity contribution in [2.45, 2.75) is 6.92 Å². The number of nitrogens with one attached hydrogen (secondary N) is 1. The number of nitrogens with zero attached hydrogens (tertiary/aromatic N) is 2. The summed E-state index contributed by atoms with van der Waals surface area (Å²) < 4.78 is 0. The van der Waals surface area contributed by atoms with E-state index in [1.165, 1.54) is 5.56 Å². The summed E-state index contributed by atoms with van der Waals surface area (Å²) in [7, 11) is 2.07. The molecule has 0 aliphatic carbocycles. The average molecular weight is 313 g/mol. The highest BCUT2D eigenvalue weighted by atomic mass is 15.2. The van der Waals surface area contributed by atoms with E-state index >= 15 is 0 Å². The van der Waals surface area contributed by atoms with E-state index in [0.29, 0.717) is 0 Å². The maximum absolute atomic E-state index is 4.94. The van der Waals surface area contributed by atoms with Gasteiger partial charge in [0, 0.05) is 18.3 Å². The standard InChI is InChI=1S/C21H19N3/c1-15-11-13-16(14-12-15)22-21-17-7-3-4-8-18(17)23-19-9-5-6-10-20(19)24(21)2/h3-14,23H,1-2H3. The molecule has 4 rings (SSSR count). The molecular weight excluding hydrogens is 294 g/mol. The first-order valence-electron chi connectivity index (χ1n) is 8.07. The number of hydrogen-bond donors (Lipinski definition) is 1. The van der Waals surface area contributed by atoms with E-state index in [1.807, 2.05) is 12.1 Å². The molecule has 24 heavy (non-hydrogen) atoms. The van der Waals surface area contributed by atoms with Crippen molar-refractivity contribution in [2.24, 2.45) is 4.99 Å². The summed E-state index contributed by atoms with van der Waals surface area (Å²) in [5.74, 6) is 0.937. The van der Waals surface area contributed by atoms with Gasteiger partial charge in [0.1, 0.15) is 5.84 Å². The summed E-state index contributed by atoms with van der Waals surface area (Å²) in [4.78, 5) is 7.09. The van der Waals surface area contributed by atoms with E-state index in [1.54, 1.807) is 0 Å². The van der Waals surface area contributed by atoms with Crippen LogP contribution in [0.2, 0.25) is 0 Å². The van der Waals surface area contributed by atoms with Gasteiger partial charge in [-0.05, 0) is 43.3 Å². The van der Waals surface area contributed by atoms with E-state index in [2.05, 4.69) is 84.9 Å². The summed E-state index contributed by atoms with van der Waals surface area (Å²) in [5.41, 5.74) is 6.55. The molecule has 0 spiro atoms. The zero-order chi connectivity index (χ0) is 16.5. The third-order valence-corrected chi connectivity index (χ3v) is 4.29. The van der Waals surface area contributed by atoms with Crippen molar-refractivity contribution >= 4 is 28.6 Å². The van der Waals surface area contributed by atoms with Crippen molar-refractivity contribution < 1.29 is 0 Å². The molecule has 0 saturated heterocycles. The number of para-hydroxylation sites is 3. The van der Waals surface area contributed by atoms with Gasteiger partial charge in [0.15, 0.2) is 0 Å². The molecule has 1 heterocycles. The molecule has 1 N–H and O–H groups in total. The number of anilines is 3. The van der Waals surface area contributed by atoms with Gasteiger partial charge in [-0.2, -0.15) is 0 Å². The Morgan fingerprint density at radius 1 is 0.792 bits per heavy atom.